The van der Waals surface area contributed by atoms with E-state index in [4.69, 9.17) is 5.26 Å². The van der Waals surface area contributed by atoms with Crippen LogP contribution in [0.2, 0.25) is 0 Å². The van der Waals surface area contributed by atoms with Gasteiger partial charge in [0, 0.05) is 18.4 Å². The topological polar surface area (TPSA) is 67.5 Å². The van der Waals surface area contributed by atoms with Crippen LogP contribution < -0.4 is 4.31 Å². The molecule has 2 aliphatic carbocycles. The first kappa shape index (κ1) is 16.9. The van der Waals surface area contributed by atoms with Gasteiger partial charge in [0.1, 0.15) is 6.17 Å². The van der Waals surface area contributed by atoms with Crippen molar-refractivity contribution in [2.24, 2.45) is 17.8 Å². The molecule has 2 bridgehead atoms. The van der Waals surface area contributed by atoms with Crippen LogP contribution in [0.4, 0.5) is 23.2 Å². The van der Waals surface area contributed by atoms with Crippen molar-refractivity contribution in [2.45, 2.75) is 30.4 Å². The molecule has 2 N–H and O–H groups in total. The molecule has 0 aromatic heterocycles. The molecule has 3 fully saturated rings. The molecule has 0 radical (unpaired) electrons. The van der Waals surface area contributed by atoms with Gasteiger partial charge in [-0.05, 0) is 37.0 Å². The van der Waals surface area contributed by atoms with Crippen molar-refractivity contribution >= 4 is 16.5 Å². The van der Waals surface area contributed by atoms with Crippen molar-refractivity contribution in [3.63, 3.8) is 0 Å². The van der Waals surface area contributed by atoms with Crippen LogP contribution in [0, 0.1) is 29.1 Å². The molecule has 4 rings (SSSR count). The highest BCUT2D eigenvalue weighted by molar-refractivity contribution is 8.26. The molecule has 1 aromatic rings. The lowest BCUT2D eigenvalue weighted by molar-refractivity contribution is -0.137. The lowest BCUT2D eigenvalue weighted by Gasteiger charge is -2.44. The molecule has 3 aliphatic rings. The number of halogens is 4. The zero-order valence-electron chi connectivity index (χ0n) is 12.9. The van der Waals surface area contributed by atoms with Gasteiger partial charge in [-0.1, -0.05) is 0 Å². The molecule has 136 valence electrons. The fourth-order valence-corrected chi connectivity index (χ4v) is 7.42. The summed E-state index contributed by atoms with van der Waals surface area (Å²) in [6, 6.07) is 4.61. The van der Waals surface area contributed by atoms with Crippen LogP contribution in [0.3, 0.4) is 0 Å². The third kappa shape index (κ3) is 2.34. The molecule has 1 saturated heterocycles. The zero-order valence-corrected chi connectivity index (χ0v) is 13.8. The molecule has 25 heavy (non-hydrogen) atoms. The predicted molar refractivity (Wildman–Crippen MR) is 84.7 cm³/mol. The van der Waals surface area contributed by atoms with Crippen molar-refractivity contribution in [3.8, 4) is 6.07 Å². The lowest BCUT2D eigenvalue weighted by atomic mass is 9.87. The van der Waals surface area contributed by atoms with Crippen LogP contribution in [-0.4, -0.2) is 27.1 Å². The largest absolute Gasteiger partial charge is 0.417 e. The Morgan fingerprint density at radius 2 is 1.92 bits per heavy atom. The number of anilines is 1. The molecule has 1 heterocycles. The molecule has 0 unspecified atom stereocenters. The lowest BCUT2D eigenvalue weighted by Crippen LogP contribution is -2.34. The fraction of sp³-hybridized carbons (Fsp3) is 0.562. The summed E-state index contributed by atoms with van der Waals surface area (Å²) in [7, 11) is -3.42. The monoisotopic (exact) mass is 376 g/mol. The minimum atomic E-state index is -4.72. The number of hydrogen-bond donors (Lipinski definition) is 2. The number of hydrogen-bond acceptors (Lipinski definition) is 4. The van der Waals surface area contributed by atoms with E-state index in [2.05, 4.69) is 0 Å². The van der Waals surface area contributed by atoms with E-state index in [0.29, 0.717) is 12.8 Å². The highest BCUT2D eigenvalue weighted by Gasteiger charge is 2.63. The quantitative estimate of drug-likeness (QED) is 0.712. The molecule has 0 spiro atoms. The minimum absolute atomic E-state index is 0.00975. The van der Waals surface area contributed by atoms with Crippen molar-refractivity contribution < 1.29 is 26.7 Å². The number of rotatable bonds is 1. The summed E-state index contributed by atoms with van der Waals surface area (Å²) in [6.07, 6.45) is -4.80. The molecular weight excluding hydrogens is 360 g/mol. The summed E-state index contributed by atoms with van der Waals surface area (Å²) in [5.41, 5.74) is -1.61. The maximum absolute atomic E-state index is 14.0. The first-order valence-electron chi connectivity index (χ1n) is 7.94. The van der Waals surface area contributed by atoms with Gasteiger partial charge in [-0.3, -0.25) is 13.4 Å². The smallest absolute Gasteiger partial charge is 0.281 e. The van der Waals surface area contributed by atoms with Gasteiger partial charge in [0.2, 0.25) is 0 Å². The summed E-state index contributed by atoms with van der Waals surface area (Å²) in [6.45, 7) is 0.198. The Morgan fingerprint density at radius 1 is 1.20 bits per heavy atom. The van der Waals surface area contributed by atoms with Gasteiger partial charge in [0.05, 0.1) is 28.1 Å². The Hall–Kier alpha value is -1.50. The second-order valence-electron chi connectivity index (χ2n) is 7.00. The van der Waals surface area contributed by atoms with Gasteiger partial charge in [0.25, 0.3) is 0 Å². The van der Waals surface area contributed by atoms with E-state index in [1.54, 1.807) is 0 Å². The van der Waals surface area contributed by atoms with Crippen molar-refractivity contribution in [2.75, 3.05) is 10.8 Å². The Morgan fingerprint density at radius 3 is 2.56 bits per heavy atom. The van der Waals surface area contributed by atoms with Crippen LogP contribution in [0.25, 0.3) is 0 Å². The van der Waals surface area contributed by atoms with E-state index in [1.807, 2.05) is 0 Å². The SMILES string of the molecule is N#Cc1ccc(N2C[C@@H]3[C@H]4C[C@@H]([C@@H]3S2(O)O)[C@H](F)C4)cc1C(F)(F)F. The van der Waals surface area contributed by atoms with E-state index in [9.17, 15) is 26.7 Å². The van der Waals surface area contributed by atoms with Crippen LogP contribution in [0.15, 0.2) is 18.2 Å². The molecule has 0 amide bonds. The third-order valence-electron chi connectivity index (χ3n) is 5.80. The van der Waals surface area contributed by atoms with Gasteiger partial charge in [-0.15, -0.1) is 10.8 Å². The van der Waals surface area contributed by atoms with Crippen molar-refractivity contribution in [3.05, 3.63) is 29.3 Å². The van der Waals surface area contributed by atoms with Gasteiger partial charge in [-0.25, -0.2) is 4.39 Å². The van der Waals surface area contributed by atoms with Gasteiger partial charge < -0.3 is 0 Å². The molecule has 1 aliphatic heterocycles. The Kier molecular flexibility index (Phi) is 3.56. The Bertz CT molecular complexity index is 763. The first-order valence-corrected chi connectivity index (χ1v) is 9.51. The van der Waals surface area contributed by atoms with E-state index < -0.39 is 45.4 Å². The van der Waals surface area contributed by atoms with Crippen LogP contribution >= 0.6 is 10.8 Å². The third-order valence-corrected chi connectivity index (χ3v) is 8.24. The van der Waals surface area contributed by atoms with Crippen LogP contribution in [0.5, 0.6) is 0 Å². The second kappa shape index (κ2) is 5.25. The molecule has 1 aromatic carbocycles. The van der Waals surface area contributed by atoms with E-state index >= 15 is 0 Å². The molecule has 5 atom stereocenters. The number of fused-ring (bicyclic) bond motifs is 5. The number of nitriles is 1. The average molecular weight is 376 g/mol. The first-order chi connectivity index (χ1) is 11.6. The Balaban J connectivity index is 1.73. The predicted octanol–water partition coefficient (Wildman–Crippen LogP) is 4.43. The highest BCUT2D eigenvalue weighted by Crippen LogP contribution is 2.70. The minimum Gasteiger partial charge on any atom is -0.281 e. The number of nitrogens with zero attached hydrogens (tertiary/aromatic N) is 2. The zero-order chi connectivity index (χ0) is 18.1. The standard InChI is InChI=1S/C16H16F4N2O2S/c17-14-4-9-3-11(14)15-12(9)7-22(25(15,23)24)10-2-1-8(6-21)13(5-10)16(18,19)20/h1-2,5,9,11-12,14-15,23-24H,3-4,7H2/t9-,11+,12+,14+,15-/m0/s1. The summed E-state index contributed by atoms with van der Waals surface area (Å²) in [5.74, 6) is -0.515. The maximum atomic E-state index is 14.0. The summed E-state index contributed by atoms with van der Waals surface area (Å²) < 4.78 is 76.1. The summed E-state index contributed by atoms with van der Waals surface area (Å²) in [4.78, 5) is 0. The Labute approximate surface area is 143 Å². The maximum Gasteiger partial charge on any atom is 0.417 e. The van der Waals surface area contributed by atoms with Gasteiger partial charge >= 0.3 is 6.18 Å². The number of benzene rings is 1. The van der Waals surface area contributed by atoms with Crippen molar-refractivity contribution in [1.82, 2.24) is 0 Å². The van der Waals surface area contributed by atoms with Crippen LogP contribution in [0.1, 0.15) is 24.0 Å². The van der Waals surface area contributed by atoms with Crippen molar-refractivity contribution in [1.29, 1.82) is 5.26 Å². The number of alkyl halides is 4. The average Bonchev–Trinajstić information content (AvgIpc) is 3.15. The molecule has 9 heteroatoms. The second-order valence-corrected chi connectivity index (χ2v) is 9.11. The van der Waals surface area contributed by atoms with E-state index in [1.165, 1.54) is 16.4 Å². The van der Waals surface area contributed by atoms with Crippen LogP contribution in [-0.2, 0) is 6.18 Å². The molecule has 2 saturated carbocycles. The summed E-state index contributed by atoms with van der Waals surface area (Å²) >= 11 is 0. The van der Waals surface area contributed by atoms with E-state index in [0.717, 1.165) is 12.1 Å². The fourth-order valence-electron chi connectivity index (χ4n) is 4.78. The highest BCUT2D eigenvalue weighted by atomic mass is 32.3. The summed E-state index contributed by atoms with van der Waals surface area (Å²) in [5, 5.41) is 8.25. The normalized spacial score (nSPS) is 37.0. The van der Waals surface area contributed by atoms with Gasteiger partial charge in [0.15, 0.2) is 0 Å². The van der Waals surface area contributed by atoms with Gasteiger partial charge in [-0.2, -0.15) is 18.4 Å². The van der Waals surface area contributed by atoms with E-state index in [-0.39, 0.29) is 24.1 Å². The molecule has 4 nitrogen and oxygen atoms in total. The molecular formula is C16H16F4N2O2S.